The van der Waals surface area contributed by atoms with Crippen molar-refractivity contribution in [1.82, 2.24) is 14.7 Å². The molecule has 4 heterocycles. The van der Waals surface area contributed by atoms with Crippen LogP contribution < -0.4 is 14.7 Å². The summed E-state index contributed by atoms with van der Waals surface area (Å²) in [7, 11) is 0. The number of Topliss-reactive ketones (excluding diaryl/α,β-unsaturated/α-hetero) is 2. The van der Waals surface area contributed by atoms with Gasteiger partial charge in [0.1, 0.15) is 11.6 Å². The van der Waals surface area contributed by atoms with Crippen LogP contribution in [0.5, 0.6) is 0 Å². The number of fused-ring (bicyclic) bond motifs is 1. The molecule has 0 spiro atoms. The summed E-state index contributed by atoms with van der Waals surface area (Å²) in [5, 5.41) is 0. The highest BCUT2D eigenvalue weighted by Crippen LogP contribution is 2.34. The Labute approximate surface area is 345 Å². The maximum atomic E-state index is 15.6. The highest BCUT2D eigenvalue weighted by molar-refractivity contribution is 6.24. The Balaban J connectivity index is 0.792. The van der Waals surface area contributed by atoms with Gasteiger partial charge in [0.25, 0.3) is 11.8 Å². The van der Waals surface area contributed by atoms with Gasteiger partial charge in [0.2, 0.25) is 5.91 Å². The first-order valence-corrected chi connectivity index (χ1v) is 21.0. The third-order valence-corrected chi connectivity index (χ3v) is 13.2. The maximum Gasteiger partial charge on any atom is 0.262 e. The molecule has 0 radical (unpaired) electrons. The number of rotatable bonds is 8. The van der Waals surface area contributed by atoms with E-state index in [1.807, 2.05) is 48.2 Å². The molecule has 0 aromatic heterocycles. The Morgan fingerprint density at radius 3 is 2.22 bits per heavy atom. The van der Waals surface area contributed by atoms with E-state index in [0.717, 1.165) is 80.5 Å². The Kier molecular flexibility index (Phi) is 11.3. The first-order chi connectivity index (χ1) is 28.4. The summed E-state index contributed by atoms with van der Waals surface area (Å²) >= 11 is 0. The second-order valence-electron chi connectivity index (χ2n) is 17.1. The van der Waals surface area contributed by atoms with Gasteiger partial charge in [-0.1, -0.05) is 12.1 Å². The number of carbonyl (C=O) groups is 5. The lowest BCUT2D eigenvalue weighted by Gasteiger charge is -2.45. The van der Waals surface area contributed by atoms with E-state index in [2.05, 4.69) is 38.3 Å². The number of ketones is 2. The predicted molar refractivity (Wildman–Crippen MR) is 224 cm³/mol. The molecule has 1 aliphatic carbocycles. The van der Waals surface area contributed by atoms with Crippen molar-refractivity contribution in [2.24, 2.45) is 5.92 Å². The first-order valence-electron chi connectivity index (χ1n) is 21.0. The highest BCUT2D eigenvalue weighted by Gasteiger charge is 2.44. The Bertz CT molecular complexity index is 2220. The quantitative estimate of drug-likeness (QED) is 0.162. The lowest BCUT2D eigenvalue weighted by atomic mass is 9.92. The number of piperazine rings is 2. The molecule has 5 aliphatic rings. The van der Waals surface area contributed by atoms with Crippen molar-refractivity contribution >= 4 is 52.0 Å². The molecule has 4 fully saturated rings. The molecular weight excluding hydrogens is 750 g/mol. The van der Waals surface area contributed by atoms with Crippen LogP contribution in [-0.2, 0) is 20.8 Å². The topological polar surface area (TPSA) is 109 Å². The summed E-state index contributed by atoms with van der Waals surface area (Å²) in [6, 6.07) is 15.7. The molecule has 12 nitrogen and oxygen atoms in total. The largest absolute Gasteiger partial charge is 0.369 e. The van der Waals surface area contributed by atoms with E-state index < -0.39 is 17.9 Å². The summed E-state index contributed by atoms with van der Waals surface area (Å²) in [5.74, 6) is -1.24. The van der Waals surface area contributed by atoms with Gasteiger partial charge in [-0.3, -0.25) is 33.8 Å². The van der Waals surface area contributed by atoms with Gasteiger partial charge in [-0.05, 0) is 99.5 Å². The molecule has 3 aromatic carbocycles. The third-order valence-electron chi connectivity index (χ3n) is 13.2. The van der Waals surface area contributed by atoms with Gasteiger partial charge in [0, 0.05) is 88.8 Å². The van der Waals surface area contributed by atoms with Crippen molar-refractivity contribution in [2.75, 3.05) is 73.6 Å². The number of imide groups is 1. The molecule has 308 valence electrons. The van der Waals surface area contributed by atoms with Gasteiger partial charge in [-0.25, -0.2) is 9.24 Å². The molecule has 3 amide bonds. The molecule has 3 saturated heterocycles. The summed E-state index contributed by atoms with van der Waals surface area (Å²) < 4.78 is 15.6. The number of benzene rings is 3. The predicted octanol–water partition coefficient (Wildman–Crippen LogP) is 5.68. The molecule has 0 N–H and O–H groups in total. The zero-order valence-corrected chi connectivity index (χ0v) is 34.2. The number of carbonyl (C=O) groups excluding carboxylic acids is 5. The standard InChI is InChI=1S/C46H52FN7O5/c1-29-21-35(7-10-40(29)48-4)52-26-31(3)53(27-30(52)2)44(57)23-33-5-11-41(39(47)22-33)51-15-13-32(14-16-51)28-49-17-19-50(20-18-49)34-6-9-37-38(24-34)46(59)54(45(37)58)42-12-8-36(55)25-43(42)56/h5-7,9-11,21-22,24,30-32,42H,8,12-20,23,25-28H2,1-3H3/t30-,31+,42-/m0/s1. The van der Waals surface area contributed by atoms with E-state index in [-0.39, 0.29) is 61.1 Å². The fraction of sp³-hybridized carbons (Fsp3) is 0.478. The number of piperidine rings is 1. The van der Waals surface area contributed by atoms with Crippen molar-refractivity contribution in [1.29, 1.82) is 0 Å². The average molecular weight is 802 g/mol. The van der Waals surface area contributed by atoms with Crippen LogP contribution >= 0.6 is 0 Å². The number of anilines is 3. The van der Waals surface area contributed by atoms with Crippen LogP contribution in [0.4, 0.5) is 27.1 Å². The van der Waals surface area contributed by atoms with Crippen molar-refractivity contribution in [3.8, 4) is 0 Å². The van der Waals surface area contributed by atoms with Crippen LogP contribution in [0.15, 0.2) is 54.6 Å². The van der Waals surface area contributed by atoms with Gasteiger partial charge in [-0.2, -0.15) is 0 Å². The summed E-state index contributed by atoms with van der Waals surface area (Å²) in [5.41, 5.74) is 5.41. The number of hydrogen-bond donors (Lipinski definition) is 0. The van der Waals surface area contributed by atoms with Gasteiger partial charge < -0.3 is 19.6 Å². The average Bonchev–Trinajstić information content (AvgIpc) is 3.47. The van der Waals surface area contributed by atoms with E-state index >= 15 is 4.39 Å². The molecule has 13 heteroatoms. The van der Waals surface area contributed by atoms with Crippen molar-refractivity contribution in [3.05, 3.63) is 94.1 Å². The minimum atomic E-state index is -0.874. The molecular formula is C46H52FN7O5. The molecule has 3 atom stereocenters. The zero-order chi connectivity index (χ0) is 41.5. The van der Waals surface area contributed by atoms with E-state index in [1.165, 1.54) is 6.07 Å². The minimum absolute atomic E-state index is 0.00314. The van der Waals surface area contributed by atoms with Crippen molar-refractivity contribution in [2.45, 2.75) is 77.4 Å². The summed E-state index contributed by atoms with van der Waals surface area (Å²) in [4.78, 5) is 80.0. The Morgan fingerprint density at radius 1 is 0.797 bits per heavy atom. The second-order valence-corrected chi connectivity index (χ2v) is 17.1. The summed E-state index contributed by atoms with van der Waals surface area (Å²) in [6.45, 7) is 20.5. The maximum absolute atomic E-state index is 15.6. The molecule has 0 bridgehead atoms. The first kappa shape index (κ1) is 40.2. The molecule has 1 saturated carbocycles. The van der Waals surface area contributed by atoms with Crippen LogP contribution in [0.25, 0.3) is 4.85 Å². The number of hydrogen-bond acceptors (Lipinski definition) is 9. The van der Waals surface area contributed by atoms with E-state index in [4.69, 9.17) is 6.57 Å². The normalized spacial score (nSPS) is 23.2. The number of halogens is 1. The third kappa shape index (κ3) is 8.07. The Morgan fingerprint density at radius 2 is 1.53 bits per heavy atom. The number of aryl methyl sites for hydroxylation is 1. The van der Waals surface area contributed by atoms with E-state index in [0.29, 0.717) is 47.1 Å². The van der Waals surface area contributed by atoms with Crippen molar-refractivity contribution in [3.63, 3.8) is 0 Å². The van der Waals surface area contributed by atoms with Gasteiger partial charge >= 0.3 is 0 Å². The monoisotopic (exact) mass is 801 g/mol. The zero-order valence-electron chi connectivity index (χ0n) is 34.2. The second kappa shape index (κ2) is 16.6. The molecule has 59 heavy (non-hydrogen) atoms. The van der Waals surface area contributed by atoms with Gasteiger partial charge in [-0.15, -0.1) is 0 Å². The van der Waals surface area contributed by atoms with Crippen LogP contribution in [0.1, 0.15) is 77.8 Å². The molecule has 4 aliphatic heterocycles. The number of nitrogens with zero attached hydrogens (tertiary/aromatic N) is 7. The van der Waals surface area contributed by atoms with Gasteiger partial charge in [0.05, 0.1) is 42.3 Å². The van der Waals surface area contributed by atoms with Crippen LogP contribution in [0.2, 0.25) is 0 Å². The fourth-order valence-corrected chi connectivity index (χ4v) is 9.74. The van der Waals surface area contributed by atoms with Crippen molar-refractivity contribution < 1.29 is 28.4 Å². The van der Waals surface area contributed by atoms with E-state index in [9.17, 15) is 24.0 Å². The van der Waals surface area contributed by atoms with Gasteiger partial charge in [0.15, 0.2) is 11.5 Å². The SMILES string of the molecule is [C-]#[N+]c1ccc(N2C[C@@H](C)N(C(=O)Cc3ccc(N4CCC(CN5CCN(c6ccc7c(c6)C(=O)N([C@H]6CCC(=O)CC6=O)C7=O)CC5)CC4)c(F)c3)C[C@@H]2C)cc1C. The van der Waals surface area contributed by atoms with Crippen LogP contribution in [0, 0.1) is 25.2 Å². The van der Waals surface area contributed by atoms with E-state index in [1.54, 1.807) is 12.1 Å². The lowest BCUT2D eigenvalue weighted by molar-refractivity contribution is -0.134. The molecule has 0 unspecified atom stereocenters. The summed E-state index contributed by atoms with van der Waals surface area (Å²) in [6.07, 6.45) is 2.22. The molecule has 8 rings (SSSR count). The minimum Gasteiger partial charge on any atom is -0.369 e. The highest BCUT2D eigenvalue weighted by atomic mass is 19.1. The molecule has 3 aromatic rings. The van der Waals surface area contributed by atoms with Crippen LogP contribution in [0.3, 0.4) is 0 Å². The smallest absolute Gasteiger partial charge is 0.262 e. The fourth-order valence-electron chi connectivity index (χ4n) is 9.74. The van der Waals surface area contributed by atoms with Crippen LogP contribution in [-0.4, -0.2) is 121 Å². The Hall–Kier alpha value is -5.61. The number of amides is 3. The lowest BCUT2D eigenvalue weighted by Crippen LogP contribution is -2.58.